The summed E-state index contributed by atoms with van der Waals surface area (Å²) in [6, 6.07) is 5.52. The average molecular weight is 279 g/mol. The number of carbonyl (C=O) groups excluding carboxylic acids is 1. The van der Waals surface area contributed by atoms with Crippen molar-refractivity contribution in [2.45, 2.75) is 38.1 Å². The third kappa shape index (κ3) is 3.70. The zero-order valence-electron chi connectivity index (χ0n) is 11.8. The van der Waals surface area contributed by atoms with Crippen molar-refractivity contribution in [3.8, 4) is 0 Å². The van der Waals surface area contributed by atoms with Crippen molar-refractivity contribution < 1.29 is 9.18 Å². The summed E-state index contributed by atoms with van der Waals surface area (Å²) in [6.07, 6.45) is 3.91. The van der Waals surface area contributed by atoms with E-state index in [1.807, 2.05) is 0 Å². The van der Waals surface area contributed by atoms with Crippen LogP contribution in [0.15, 0.2) is 24.3 Å². The summed E-state index contributed by atoms with van der Waals surface area (Å²) in [4.78, 5) is 12.0. The minimum absolute atomic E-state index is 0.324. The molecular formula is C15H22FN3O. The minimum atomic E-state index is -0.372. The maximum atomic E-state index is 13.1. The number of halogens is 1. The number of hydrogen-bond acceptors (Lipinski definition) is 2. The molecule has 0 aliphatic heterocycles. The van der Waals surface area contributed by atoms with Crippen LogP contribution in [0.2, 0.25) is 0 Å². The molecule has 1 aromatic rings. The van der Waals surface area contributed by atoms with Gasteiger partial charge in [0.25, 0.3) is 0 Å². The second kappa shape index (κ2) is 6.22. The largest absolute Gasteiger partial charge is 0.331 e. The fraction of sp³-hybridized carbons (Fsp3) is 0.533. The quantitative estimate of drug-likeness (QED) is 0.796. The van der Waals surface area contributed by atoms with Gasteiger partial charge < -0.3 is 16.4 Å². The van der Waals surface area contributed by atoms with Gasteiger partial charge in [-0.05, 0) is 49.8 Å². The Hall–Kier alpha value is -1.62. The Morgan fingerprint density at radius 1 is 1.45 bits per heavy atom. The standard InChI is InChI=1S/C15H22FN3O/c1-11-5-7-15(10-17,8-6-11)19-14(20)18-13-4-2-3-12(16)9-13/h2-4,9,11H,5-8,10,17H2,1H3,(H2,18,19,20). The van der Waals surface area contributed by atoms with E-state index in [-0.39, 0.29) is 17.4 Å². The molecule has 1 aromatic carbocycles. The maximum absolute atomic E-state index is 13.1. The van der Waals surface area contributed by atoms with Crippen molar-refractivity contribution in [3.63, 3.8) is 0 Å². The lowest BCUT2D eigenvalue weighted by Gasteiger charge is -2.39. The van der Waals surface area contributed by atoms with Crippen molar-refractivity contribution in [2.24, 2.45) is 11.7 Å². The number of benzene rings is 1. The number of carbonyl (C=O) groups is 1. The molecular weight excluding hydrogens is 257 g/mol. The Balaban J connectivity index is 1.96. The van der Waals surface area contributed by atoms with Gasteiger partial charge in [0.15, 0.2) is 0 Å². The molecule has 20 heavy (non-hydrogen) atoms. The first-order valence-electron chi connectivity index (χ1n) is 7.08. The van der Waals surface area contributed by atoms with Crippen LogP contribution in [0.25, 0.3) is 0 Å². The summed E-state index contributed by atoms with van der Waals surface area (Å²) >= 11 is 0. The van der Waals surface area contributed by atoms with Gasteiger partial charge in [0.1, 0.15) is 5.82 Å². The van der Waals surface area contributed by atoms with Crippen LogP contribution in [0.4, 0.5) is 14.9 Å². The van der Waals surface area contributed by atoms with Crippen LogP contribution in [0.3, 0.4) is 0 Å². The highest BCUT2D eigenvalue weighted by molar-refractivity contribution is 5.89. The van der Waals surface area contributed by atoms with Gasteiger partial charge in [0.2, 0.25) is 0 Å². The number of rotatable bonds is 3. The SMILES string of the molecule is CC1CCC(CN)(NC(=O)Nc2cccc(F)c2)CC1. The Bertz CT molecular complexity index is 470. The number of amides is 2. The van der Waals surface area contributed by atoms with Crippen LogP contribution in [0.1, 0.15) is 32.6 Å². The minimum Gasteiger partial charge on any atom is -0.331 e. The van der Waals surface area contributed by atoms with E-state index in [0.29, 0.717) is 18.2 Å². The van der Waals surface area contributed by atoms with Crippen molar-refractivity contribution in [2.75, 3.05) is 11.9 Å². The first-order valence-corrected chi connectivity index (χ1v) is 7.08. The van der Waals surface area contributed by atoms with Crippen molar-refractivity contribution in [3.05, 3.63) is 30.1 Å². The molecule has 0 spiro atoms. The Labute approximate surface area is 118 Å². The molecule has 0 unspecified atom stereocenters. The van der Waals surface area contributed by atoms with E-state index < -0.39 is 0 Å². The molecule has 4 N–H and O–H groups in total. The molecule has 0 heterocycles. The molecule has 1 saturated carbocycles. The molecule has 1 fully saturated rings. The smallest absolute Gasteiger partial charge is 0.319 e. The van der Waals surface area contributed by atoms with Crippen LogP contribution >= 0.6 is 0 Å². The van der Waals surface area contributed by atoms with Crippen LogP contribution in [0.5, 0.6) is 0 Å². The molecule has 0 saturated heterocycles. The summed E-state index contributed by atoms with van der Waals surface area (Å²) < 4.78 is 13.1. The Morgan fingerprint density at radius 2 is 2.15 bits per heavy atom. The van der Waals surface area contributed by atoms with Gasteiger partial charge in [-0.15, -0.1) is 0 Å². The normalized spacial score (nSPS) is 26.1. The third-order valence-corrected chi connectivity index (χ3v) is 4.08. The highest BCUT2D eigenvalue weighted by Gasteiger charge is 2.34. The van der Waals surface area contributed by atoms with Crippen LogP contribution < -0.4 is 16.4 Å². The van der Waals surface area contributed by atoms with Gasteiger partial charge in [0.05, 0.1) is 5.54 Å². The number of nitrogens with one attached hydrogen (secondary N) is 2. The van der Waals surface area contributed by atoms with Gasteiger partial charge in [-0.25, -0.2) is 9.18 Å². The van der Waals surface area contributed by atoms with Crippen LogP contribution in [-0.4, -0.2) is 18.1 Å². The molecule has 1 aliphatic rings. The van der Waals surface area contributed by atoms with Gasteiger partial charge in [0, 0.05) is 12.2 Å². The maximum Gasteiger partial charge on any atom is 0.319 e. The Morgan fingerprint density at radius 3 is 2.75 bits per heavy atom. The molecule has 2 rings (SSSR count). The number of anilines is 1. The molecule has 0 bridgehead atoms. The summed E-state index contributed by atoms with van der Waals surface area (Å²) in [7, 11) is 0. The highest BCUT2D eigenvalue weighted by Crippen LogP contribution is 2.31. The summed E-state index contributed by atoms with van der Waals surface area (Å²) in [5, 5.41) is 5.63. The number of urea groups is 1. The third-order valence-electron chi connectivity index (χ3n) is 4.08. The zero-order chi connectivity index (χ0) is 14.6. The van der Waals surface area contributed by atoms with E-state index >= 15 is 0 Å². The second-order valence-electron chi connectivity index (χ2n) is 5.76. The average Bonchev–Trinajstić information content (AvgIpc) is 2.41. The molecule has 0 radical (unpaired) electrons. The molecule has 1 aliphatic carbocycles. The van der Waals surface area contributed by atoms with E-state index in [2.05, 4.69) is 17.6 Å². The summed E-state index contributed by atoms with van der Waals surface area (Å²) in [5.74, 6) is 0.311. The lowest BCUT2D eigenvalue weighted by atomic mass is 9.77. The first-order chi connectivity index (χ1) is 9.53. The van der Waals surface area contributed by atoms with E-state index in [0.717, 1.165) is 25.7 Å². The predicted octanol–water partition coefficient (Wildman–Crippen LogP) is 2.85. The van der Waals surface area contributed by atoms with Gasteiger partial charge in [-0.2, -0.15) is 0 Å². The summed E-state index contributed by atoms with van der Waals surface area (Å²) in [6.45, 7) is 2.64. The van der Waals surface area contributed by atoms with Crippen molar-refractivity contribution in [1.29, 1.82) is 0 Å². The molecule has 2 amide bonds. The van der Waals surface area contributed by atoms with E-state index in [9.17, 15) is 9.18 Å². The molecule has 0 aromatic heterocycles. The number of nitrogens with two attached hydrogens (primary N) is 1. The van der Waals surface area contributed by atoms with Gasteiger partial charge in [-0.1, -0.05) is 13.0 Å². The van der Waals surface area contributed by atoms with E-state index in [4.69, 9.17) is 5.73 Å². The monoisotopic (exact) mass is 279 g/mol. The molecule has 0 atom stereocenters. The zero-order valence-corrected chi connectivity index (χ0v) is 11.8. The first kappa shape index (κ1) is 14.8. The number of hydrogen-bond donors (Lipinski definition) is 3. The molecule has 110 valence electrons. The van der Waals surface area contributed by atoms with E-state index in [1.54, 1.807) is 12.1 Å². The van der Waals surface area contributed by atoms with Gasteiger partial charge in [-0.3, -0.25) is 0 Å². The van der Waals surface area contributed by atoms with Crippen LogP contribution in [0, 0.1) is 11.7 Å². The second-order valence-corrected chi connectivity index (χ2v) is 5.76. The van der Waals surface area contributed by atoms with Crippen molar-refractivity contribution in [1.82, 2.24) is 5.32 Å². The molecule has 5 heteroatoms. The fourth-order valence-electron chi connectivity index (χ4n) is 2.66. The Kier molecular flexibility index (Phi) is 4.60. The lowest BCUT2D eigenvalue weighted by molar-refractivity contribution is 0.196. The molecule has 4 nitrogen and oxygen atoms in total. The van der Waals surface area contributed by atoms with Crippen molar-refractivity contribution >= 4 is 11.7 Å². The summed E-state index contributed by atoms with van der Waals surface area (Å²) in [5.41, 5.74) is 5.96. The topological polar surface area (TPSA) is 67.1 Å². The highest BCUT2D eigenvalue weighted by atomic mass is 19.1. The predicted molar refractivity (Wildman–Crippen MR) is 78.0 cm³/mol. The lowest BCUT2D eigenvalue weighted by Crippen LogP contribution is -2.56. The fourth-order valence-corrected chi connectivity index (χ4v) is 2.66. The van der Waals surface area contributed by atoms with E-state index in [1.165, 1.54) is 12.1 Å². The van der Waals surface area contributed by atoms with Crippen LogP contribution in [-0.2, 0) is 0 Å². The van der Waals surface area contributed by atoms with Gasteiger partial charge >= 0.3 is 6.03 Å².